The molecule has 6 heteroatoms. The third-order valence-electron chi connectivity index (χ3n) is 2.65. The molecule has 1 unspecified atom stereocenters. The van der Waals surface area contributed by atoms with Gasteiger partial charge >= 0.3 is 5.97 Å². The summed E-state index contributed by atoms with van der Waals surface area (Å²) in [6.07, 6.45) is 1.48. The highest BCUT2D eigenvalue weighted by atomic mass is 16.4. The van der Waals surface area contributed by atoms with E-state index in [1.165, 1.54) is 18.5 Å². The van der Waals surface area contributed by atoms with E-state index < -0.39 is 17.9 Å². The number of carbonyl (C=O) groups is 2. The number of carboxylic acids is 1. The predicted molar refractivity (Wildman–Crippen MR) is 60.6 cm³/mol. The van der Waals surface area contributed by atoms with Gasteiger partial charge in [-0.3, -0.25) is 4.79 Å². The Morgan fingerprint density at radius 2 is 2.18 bits per heavy atom. The van der Waals surface area contributed by atoms with Crippen LogP contribution in [0.5, 0.6) is 0 Å². The molecule has 1 heterocycles. The maximum absolute atomic E-state index is 11.1. The zero-order chi connectivity index (χ0) is 12.6. The maximum atomic E-state index is 11.1. The number of imidazole rings is 1. The number of amides is 1. The lowest BCUT2D eigenvalue weighted by atomic mass is 10.2. The average molecular weight is 233 g/mol. The number of fused-ring (bicyclic) bond motifs is 1. The molecule has 6 nitrogen and oxygen atoms in total. The molecule has 17 heavy (non-hydrogen) atoms. The molecular weight excluding hydrogens is 222 g/mol. The summed E-state index contributed by atoms with van der Waals surface area (Å²) in [4.78, 5) is 25.9. The zero-order valence-electron chi connectivity index (χ0n) is 9.12. The summed E-state index contributed by atoms with van der Waals surface area (Å²) >= 11 is 0. The van der Waals surface area contributed by atoms with E-state index in [4.69, 9.17) is 10.8 Å². The Bertz CT molecular complexity index is 603. The summed E-state index contributed by atoms with van der Waals surface area (Å²) in [5.74, 6) is -1.48. The van der Waals surface area contributed by atoms with E-state index in [0.717, 1.165) is 0 Å². The lowest BCUT2D eigenvalue weighted by Gasteiger charge is -2.09. The Morgan fingerprint density at radius 1 is 1.47 bits per heavy atom. The van der Waals surface area contributed by atoms with Gasteiger partial charge in [0.15, 0.2) is 0 Å². The number of carbonyl (C=O) groups excluding carboxylic acids is 1. The molecule has 0 aliphatic rings. The molecule has 3 N–H and O–H groups in total. The van der Waals surface area contributed by atoms with Crippen LogP contribution in [0.3, 0.4) is 0 Å². The standard InChI is InChI=1S/C11H11N3O3/c1-6(10(12)15)14-5-13-8-4-7(11(16)17)2-3-9(8)14/h2-6H,1H3,(H2,12,15)(H,16,17). The number of aromatic nitrogens is 2. The Kier molecular flexibility index (Phi) is 2.55. The molecule has 1 aromatic carbocycles. The van der Waals surface area contributed by atoms with Crippen LogP contribution in [0.2, 0.25) is 0 Å². The predicted octanol–water partition coefficient (Wildman–Crippen LogP) is 0.781. The fourth-order valence-electron chi connectivity index (χ4n) is 1.61. The summed E-state index contributed by atoms with van der Waals surface area (Å²) < 4.78 is 1.61. The first-order chi connectivity index (χ1) is 8.00. The van der Waals surface area contributed by atoms with Crippen LogP contribution < -0.4 is 5.73 Å². The number of hydrogen-bond donors (Lipinski definition) is 2. The van der Waals surface area contributed by atoms with Crippen molar-refractivity contribution in [3.05, 3.63) is 30.1 Å². The Morgan fingerprint density at radius 3 is 2.76 bits per heavy atom. The lowest BCUT2D eigenvalue weighted by molar-refractivity contribution is -0.120. The fraction of sp³-hybridized carbons (Fsp3) is 0.182. The van der Waals surface area contributed by atoms with Gasteiger partial charge in [-0.2, -0.15) is 0 Å². The molecule has 0 aliphatic heterocycles. The Hall–Kier alpha value is -2.37. The third-order valence-corrected chi connectivity index (χ3v) is 2.65. The summed E-state index contributed by atoms with van der Waals surface area (Å²) in [6, 6.07) is 4.03. The van der Waals surface area contributed by atoms with E-state index in [0.29, 0.717) is 11.0 Å². The number of rotatable bonds is 3. The minimum absolute atomic E-state index is 0.162. The van der Waals surface area contributed by atoms with Gasteiger partial charge in [0.2, 0.25) is 5.91 Å². The fourth-order valence-corrected chi connectivity index (χ4v) is 1.61. The smallest absolute Gasteiger partial charge is 0.335 e. The van der Waals surface area contributed by atoms with Gasteiger partial charge in [0, 0.05) is 0 Å². The highest BCUT2D eigenvalue weighted by Crippen LogP contribution is 2.18. The molecule has 0 saturated carbocycles. The van der Waals surface area contributed by atoms with Crippen LogP contribution in [0.4, 0.5) is 0 Å². The van der Waals surface area contributed by atoms with Crippen LogP contribution in [-0.2, 0) is 4.79 Å². The van der Waals surface area contributed by atoms with Crippen LogP contribution in [0.25, 0.3) is 11.0 Å². The van der Waals surface area contributed by atoms with Gasteiger partial charge in [-0.15, -0.1) is 0 Å². The minimum Gasteiger partial charge on any atom is -0.478 e. The quantitative estimate of drug-likeness (QED) is 0.818. The van der Waals surface area contributed by atoms with Gasteiger partial charge in [-0.1, -0.05) is 0 Å². The van der Waals surface area contributed by atoms with Crippen LogP contribution in [-0.4, -0.2) is 26.5 Å². The molecule has 0 bridgehead atoms. The Labute approximate surface area is 96.7 Å². The number of carboxylic acid groups (broad SMARTS) is 1. The zero-order valence-corrected chi connectivity index (χ0v) is 9.12. The number of aromatic carboxylic acids is 1. The molecule has 1 atom stereocenters. The number of nitrogens with two attached hydrogens (primary N) is 1. The second kappa shape index (κ2) is 3.89. The van der Waals surface area contributed by atoms with E-state index in [2.05, 4.69) is 4.98 Å². The van der Waals surface area contributed by atoms with Crippen molar-refractivity contribution in [2.75, 3.05) is 0 Å². The van der Waals surface area contributed by atoms with Crippen LogP contribution in [0, 0.1) is 0 Å². The molecule has 0 fully saturated rings. The molecule has 0 saturated heterocycles. The third kappa shape index (κ3) is 1.84. The van der Waals surface area contributed by atoms with Gasteiger partial charge < -0.3 is 15.4 Å². The van der Waals surface area contributed by atoms with Crippen molar-refractivity contribution < 1.29 is 14.7 Å². The molecule has 2 aromatic rings. The van der Waals surface area contributed by atoms with Crippen LogP contribution >= 0.6 is 0 Å². The minimum atomic E-state index is -1.01. The van der Waals surface area contributed by atoms with E-state index >= 15 is 0 Å². The highest BCUT2D eigenvalue weighted by molar-refractivity contribution is 5.92. The van der Waals surface area contributed by atoms with Crippen molar-refractivity contribution in [1.29, 1.82) is 0 Å². The largest absolute Gasteiger partial charge is 0.478 e. The van der Waals surface area contributed by atoms with Gasteiger partial charge in [-0.05, 0) is 25.1 Å². The summed E-state index contributed by atoms with van der Waals surface area (Å²) in [5.41, 5.74) is 6.58. The normalized spacial score (nSPS) is 12.5. The van der Waals surface area contributed by atoms with Gasteiger partial charge in [0.1, 0.15) is 6.04 Å². The highest BCUT2D eigenvalue weighted by Gasteiger charge is 2.15. The van der Waals surface area contributed by atoms with Crippen molar-refractivity contribution in [1.82, 2.24) is 9.55 Å². The molecular formula is C11H11N3O3. The first kappa shape index (κ1) is 11.1. The molecule has 1 amide bonds. The second-order valence-corrected chi connectivity index (χ2v) is 3.74. The lowest BCUT2D eigenvalue weighted by Crippen LogP contribution is -2.23. The molecule has 0 aliphatic carbocycles. The van der Waals surface area contributed by atoms with Crippen LogP contribution in [0.1, 0.15) is 23.3 Å². The Balaban J connectivity index is 2.56. The average Bonchev–Trinajstić information content (AvgIpc) is 2.70. The second-order valence-electron chi connectivity index (χ2n) is 3.74. The van der Waals surface area contributed by atoms with Crippen LogP contribution in [0.15, 0.2) is 24.5 Å². The van der Waals surface area contributed by atoms with E-state index in [9.17, 15) is 9.59 Å². The number of benzene rings is 1. The van der Waals surface area contributed by atoms with E-state index in [1.54, 1.807) is 17.6 Å². The number of hydrogen-bond acceptors (Lipinski definition) is 3. The van der Waals surface area contributed by atoms with E-state index in [-0.39, 0.29) is 5.56 Å². The summed E-state index contributed by atoms with van der Waals surface area (Å²) in [5, 5.41) is 8.84. The van der Waals surface area contributed by atoms with Gasteiger partial charge in [0.05, 0.1) is 22.9 Å². The van der Waals surface area contributed by atoms with Crippen molar-refractivity contribution in [3.8, 4) is 0 Å². The number of nitrogens with zero attached hydrogens (tertiary/aromatic N) is 2. The van der Waals surface area contributed by atoms with Gasteiger partial charge in [-0.25, -0.2) is 9.78 Å². The van der Waals surface area contributed by atoms with Crippen molar-refractivity contribution in [2.24, 2.45) is 5.73 Å². The molecule has 2 rings (SSSR count). The summed E-state index contributed by atoms with van der Waals surface area (Å²) in [7, 11) is 0. The number of primary amides is 1. The SMILES string of the molecule is CC(C(N)=O)n1cnc2cc(C(=O)O)ccc21. The van der Waals surface area contributed by atoms with Gasteiger partial charge in [0.25, 0.3) is 0 Å². The molecule has 1 aromatic heterocycles. The van der Waals surface area contributed by atoms with Crippen molar-refractivity contribution in [2.45, 2.75) is 13.0 Å². The summed E-state index contributed by atoms with van der Waals surface area (Å²) in [6.45, 7) is 1.66. The van der Waals surface area contributed by atoms with Crippen molar-refractivity contribution in [3.63, 3.8) is 0 Å². The van der Waals surface area contributed by atoms with Crippen molar-refractivity contribution >= 4 is 22.9 Å². The molecule has 88 valence electrons. The molecule has 0 spiro atoms. The first-order valence-corrected chi connectivity index (χ1v) is 5.00. The van der Waals surface area contributed by atoms with E-state index in [1.807, 2.05) is 0 Å². The first-order valence-electron chi connectivity index (χ1n) is 5.00. The molecule has 0 radical (unpaired) electrons. The monoisotopic (exact) mass is 233 g/mol. The maximum Gasteiger partial charge on any atom is 0.335 e. The topological polar surface area (TPSA) is 98.2 Å².